The highest BCUT2D eigenvalue weighted by molar-refractivity contribution is 5.28. The Hall–Kier alpha value is -1.85. The number of hydrogen-bond donors (Lipinski definition) is 1. The molecule has 0 radical (unpaired) electrons. The SMILES string of the molecule is COCc1cc(COc2cccc(CCN)c2)no1. The first-order chi connectivity index (χ1) is 9.31. The fourth-order valence-electron chi connectivity index (χ4n) is 1.75. The zero-order chi connectivity index (χ0) is 13.5. The predicted octanol–water partition coefficient (Wildman–Crippen LogP) is 1.90. The molecule has 0 unspecified atom stereocenters. The van der Waals surface area contributed by atoms with Crippen LogP contribution in [0.15, 0.2) is 34.9 Å². The number of nitrogens with two attached hydrogens (primary N) is 1. The molecule has 0 amide bonds. The molecule has 5 nitrogen and oxygen atoms in total. The van der Waals surface area contributed by atoms with Gasteiger partial charge in [0.25, 0.3) is 0 Å². The van der Waals surface area contributed by atoms with Crippen LogP contribution in [0.1, 0.15) is 17.0 Å². The van der Waals surface area contributed by atoms with Crippen molar-refractivity contribution in [3.63, 3.8) is 0 Å². The summed E-state index contributed by atoms with van der Waals surface area (Å²) in [5, 5.41) is 3.91. The molecule has 0 bridgehead atoms. The van der Waals surface area contributed by atoms with Crippen molar-refractivity contribution in [1.82, 2.24) is 5.16 Å². The minimum Gasteiger partial charge on any atom is -0.487 e. The van der Waals surface area contributed by atoms with Gasteiger partial charge in [-0.3, -0.25) is 0 Å². The van der Waals surface area contributed by atoms with Gasteiger partial charge in [-0.05, 0) is 30.7 Å². The normalized spacial score (nSPS) is 10.6. The fraction of sp³-hybridized carbons (Fsp3) is 0.357. The summed E-state index contributed by atoms with van der Waals surface area (Å²) in [6.45, 7) is 1.42. The molecular weight excluding hydrogens is 244 g/mol. The van der Waals surface area contributed by atoms with E-state index in [4.69, 9.17) is 19.7 Å². The highest BCUT2D eigenvalue weighted by atomic mass is 16.5. The molecule has 1 aromatic heterocycles. The summed E-state index contributed by atoms with van der Waals surface area (Å²) in [6.07, 6.45) is 0.846. The minimum absolute atomic E-state index is 0.374. The lowest BCUT2D eigenvalue weighted by Crippen LogP contribution is -2.03. The monoisotopic (exact) mass is 262 g/mol. The topological polar surface area (TPSA) is 70.5 Å². The molecule has 5 heteroatoms. The third-order valence-electron chi connectivity index (χ3n) is 2.61. The van der Waals surface area contributed by atoms with E-state index < -0.39 is 0 Å². The molecule has 2 aromatic rings. The van der Waals surface area contributed by atoms with Gasteiger partial charge in [-0.15, -0.1) is 0 Å². The van der Waals surface area contributed by atoms with Crippen molar-refractivity contribution in [1.29, 1.82) is 0 Å². The second kappa shape index (κ2) is 6.92. The summed E-state index contributed by atoms with van der Waals surface area (Å²) in [6, 6.07) is 9.72. The van der Waals surface area contributed by atoms with Crippen molar-refractivity contribution in [3.05, 3.63) is 47.3 Å². The molecule has 1 heterocycles. The molecular formula is C14H18N2O3. The largest absolute Gasteiger partial charge is 0.487 e. The van der Waals surface area contributed by atoms with Gasteiger partial charge < -0.3 is 19.7 Å². The maximum absolute atomic E-state index is 5.67. The summed E-state index contributed by atoms with van der Waals surface area (Å²) in [7, 11) is 1.61. The summed E-state index contributed by atoms with van der Waals surface area (Å²) in [4.78, 5) is 0. The molecule has 0 aliphatic rings. The lowest BCUT2D eigenvalue weighted by Gasteiger charge is -2.05. The van der Waals surface area contributed by atoms with Crippen LogP contribution in [-0.2, 0) is 24.4 Å². The zero-order valence-corrected chi connectivity index (χ0v) is 11.0. The Bertz CT molecular complexity index is 511. The number of methoxy groups -OCH3 is 1. The van der Waals surface area contributed by atoms with E-state index in [-0.39, 0.29) is 0 Å². The van der Waals surface area contributed by atoms with Crippen molar-refractivity contribution in [2.45, 2.75) is 19.6 Å². The zero-order valence-electron chi connectivity index (χ0n) is 11.0. The van der Waals surface area contributed by atoms with Crippen LogP contribution >= 0.6 is 0 Å². The van der Waals surface area contributed by atoms with Crippen molar-refractivity contribution in [2.24, 2.45) is 5.73 Å². The Morgan fingerprint density at radius 2 is 2.16 bits per heavy atom. The van der Waals surface area contributed by atoms with Crippen molar-refractivity contribution in [2.75, 3.05) is 13.7 Å². The second-order valence-corrected chi connectivity index (χ2v) is 4.19. The summed E-state index contributed by atoms with van der Waals surface area (Å²) in [5.41, 5.74) is 7.45. The number of ether oxygens (including phenoxy) is 2. The van der Waals surface area contributed by atoms with Crippen LogP contribution in [0.5, 0.6) is 5.75 Å². The van der Waals surface area contributed by atoms with Crippen LogP contribution in [-0.4, -0.2) is 18.8 Å². The molecule has 19 heavy (non-hydrogen) atoms. The maximum atomic E-state index is 5.67. The average Bonchev–Trinajstić information content (AvgIpc) is 2.86. The smallest absolute Gasteiger partial charge is 0.162 e. The first kappa shape index (κ1) is 13.6. The van der Waals surface area contributed by atoms with Gasteiger partial charge in [0, 0.05) is 13.2 Å². The summed E-state index contributed by atoms with van der Waals surface area (Å²) < 4.78 is 15.7. The van der Waals surface area contributed by atoms with Gasteiger partial charge in [-0.25, -0.2) is 0 Å². The van der Waals surface area contributed by atoms with Gasteiger partial charge in [-0.2, -0.15) is 0 Å². The molecule has 0 spiro atoms. The number of benzene rings is 1. The molecule has 0 aliphatic carbocycles. The van der Waals surface area contributed by atoms with E-state index in [9.17, 15) is 0 Å². The number of rotatable bonds is 7. The fourth-order valence-corrected chi connectivity index (χ4v) is 1.75. The van der Waals surface area contributed by atoms with Gasteiger partial charge in [0.15, 0.2) is 5.76 Å². The van der Waals surface area contributed by atoms with Crippen molar-refractivity contribution in [3.8, 4) is 5.75 Å². The van der Waals surface area contributed by atoms with E-state index in [1.165, 1.54) is 5.56 Å². The molecule has 0 aliphatic heterocycles. The van der Waals surface area contributed by atoms with Gasteiger partial charge in [0.2, 0.25) is 0 Å². The molecule has 0 atom stereocenters. The van der Waals surface area contributed by atoms with E-state index >= 15 is 0 Å². The van der Waals surface area contributed by atoms with Crippen LogP contribution in [0, 0.1) is 0 Å². The quantitative estimate of drug-likeness (QED) is 0.825. The third-order valence-corrected chi connectivity index (χ3v) is 2.61. The standard InChI is InChI=1S/C14H18N2O3/c1-17-10-14-8-12(16-19-14)9-18-13-4-2-3-11(7-13)5-6-15/h2-4,7-8H,5-6,9-10,15H2,1H3. The number of aromatic nitrogens is 1. The van der Waals surface area contributed by atoms with Crippen molar-refractivity contribution >= 4 is 0 Å². The van der Waals surface area contributed by atoms with E-state index in [0.29, 0.717) is 25.5 Å². The molecule has 0 saturated carbocycles. The lowest BCUT2D eigenvalue weighted by molar-refractivity contribution is 0.155. The van der Waals surface area contributed by atoms with Crippen LogP contribution in [0.3, 0.4) is 0 Å². The first-order valence-corrected chi connectivity index (χ1v) is 6.17. The van der Waals surface area contributed by atoms with Crippen molar-refractivity contribution < 1.29 is 14.0 Å². The van der Waals surface area contributed by atoms with Gasteiger partial charge in [0.1, 0.15) is 24.7 Å². The molecule has 1 aromatic carbocycles. The van der Waals surface area contributed by atoms with Crippen LogP contribution in [0.4, 0.5) is 0 Å². The van der Waals surface area contributed by atoms with Crippen LogP contribution in [0.2, 0.25) is 0 Å². The first-order valence-electron chi connectivity index (χ1n) is 6.17. The van der Waals surface area contributed by atoms with Crippen LogP contribution < -0.4 is 10.5 Å². The average molecular weight is 262 g/mol. The Labute approximate surface area is 112 Å². The lowest BCUT2D eigenvalue weighted by atomic mass is 10.1. The Balaban J connectivity index is 1.91. The molecule has 2 rings (SSSR count). The van der Waals surface area contributed by atoms with Crippen LogP contribution in [0.25, 0.3) is 0 Å². The Morgan fingerprint density at radius 3 is 2.95 bits per heavy atom. The molecule has 0 fully saturated rings. The number of nitrogens with zero attached hydrogens (tertiary/aromatic N) is 1. The molecule has 102 valence electrons. The highest BCUT2D eigenvalue weighted by Gasteiger charge is 2.05. The Morgan fingerprint density at radius 1 is 1.26 bits per heavy atom. The minimum atomic E-state index is 0.374. The summed E-state index contributed by atoms with van der Waals surface area (Å²) in [5.74, 6) is 1.50. The molecule has 0 saturated heterocycles. The maximum Gasteiger partial charge on any atom is 0.162 e. The number of hydrogen-bond acceptors (Lipinski definition) is 5. The van der Waals surface area contributed by atoms with E-state index in [2.05, 4.69) is 5.16 Å². The second-order valence-electron chi connectivity index (χ2n) is 4.19. The predicted molar refractivity (Wildman–Crippen MR) is 70.7 cm³/mol. The Kier molecular flexibility index (Phi) is 4.94. The third kappa shape index (κ3) is 4.08. The van der Waals surface area contributed by atoms with Gasteiger partial charge in [-0.1, -0.05) is 17.3 Å². The van der Waals surface area contributed by atoms with Gasteiger partial charge >= 0.3 is 0 Å². The summed E-state index contributed by atoms with van der Waals surface area (Å²) >= 11 is 0. The highest BCUT2D eigenvalue weighted by Crippen LogP contribution is 2.15. The molecule has 2 N–H and O–H groups in total. The van der Waals surface area contributed by atoms with E-state index in [0.717, 1.165) is 17.9 Å². The van der Waals surface area contributed by atoms with E-state index in [1.807, 2.05) is 30.3 Å². The van der Waals surface area contributed by atoms with Gasteiger partial charge in [0.05, 0.1) is 0 Å². The van der Waals surface area contributed by atoms with E-state index in [1.54, 1.807) is 7.11 Å².